The highest BCUT2D eigenvalue weighted by atomic mass is 19.1. The van der Waals surface area contributed by atoms with Crippen LogP contribution >= 0.6 is 0 Å². The topological polar surface area (TPSA) is 48.1 Å². The summed E-state index contributed by atoms with van der Waals surface area (Å²) in [4.78, 5) is 3.81. The van der Waals surface area contributed by atoms with E-state index < -0.39 is 11.6 Å². The molecule has 1 heterocycles. The van der Waals surface area contributed by atoms with Crippen molar-refractivity contribution in [1.29, 1.82) is 0 Å². The zero-order valence-corrected chi connectivity index (χ0v) is 9.78. The molecule has 0 radical (unpaired) electrons. The van der Waals surface area contributed by atoms with Crippen molar-refractivity contribution in [2.45, 2.75) is 6.92 Å². The van der Waals surface area contributed by atoms with Crippen LogP contribution in [0.4, 0.5) is 14.5 Å². The number of anilines is 1. The molecule has 0 aliphatic rings. The third kappa shape index (κ3) is 2.25. The number of ether oxygens (including phenoxy) is 1. The number of pyridine rings is 1. The predicted octanol–water partition coefficient (Wildman–Crippen LogP) is 3.01. The summed E-state index contributed by atoms with van der Waals surface area (Å²) in [5.74, 6) is -0.983. The lowest BCUT2D eigenvalue weighted by molar-refractivity contribution is 0.322. The van der Waals surface area contributed by atoms with Crippen molar-refractivity contribution >= 4 is 5.69 Å². The Kier molecular flexibility index (Phi) is 3.41. The highest BCUT2D eigenvalue weighted by molar-refractivity contribution is 5.73. The van der Waals surface area contributed by atoms with Gasteiger partial charge in [0, 0.05) is 11.6 Å². The molecular formula is C13H12F2N2O. The quantitative estimate of drug-likeness (QED) is 0.910. The summed E-state index contributed by atoms with van der Waals surface area (Å²) < 4.78 is 32.2. The summed E-state index contributed by atoms with van der Waals surface area (Å²) in [6.45, 7) is 2.11. The Morgan fingerprint density at radius 3 is 2.78 bits per heavy atom. The lowest BCUT2D eigenvalue weighted by Gasteiger charge is -2.09. The molecule has 1 aromatic carbocycles. The fourth-order valence-corrected chi connectivity index (χ4v) is 1.64. The van der Waals surface area contributed by atoms with E-state index in [2.05, 4.69) is 4.98 Å². The van der Waals surface area contributed by atoms with Crippen LogP contribution in [0, 0.1) is 11.6 Å². The van der Waals surface area contributed by atoms with Gasteiger partial charge in [0.15, 0.2) is 11.6 Å². The van der Waals surface area contributed by atoms with E-state index in [1.807, 2.05) is 0 Å². The maximum absolute atomic E-state index is 14.1. The van der Waals surface area contributed by atoms with Crippen LogP contribution in [0.2, 0.25) is 0 Å². The van der Waals surface area contributed by atoms with Gasteiger partial charge >= 0.3 is 0 Å². The van der Waals surface area contributed by atoms with Crippen LogP contribution in [0.5, 0.6) is 5.75 Å². The largest absolute Gasteiger partial charge is 0.491 e. The molecule has 94 valence electrons. The molecule has 0 atom stereocenters. The van der Waals surface area contributed by atoms with Gasteiger partial charge in [0.05, 0.1) is 24.2 Å². The number of benzene rings is 1. The summed E-state index contributed by atoms with van der Waals surface area (Å²) >= 11 is 0. The average molecular weight is 250 g/mol. The Hall–Kier alpha value is -2.17. The molecule has 0 aliphatic carbocycles. The van der Waals surface area contributed by atoms with E-state index in [1.54, 1.807) is 13.0 Å². The predicted molar refractivity (Wildman–Crippen MR) is 65.2 cm³/mol. The van der Waals surface area contributed by atoms with E-state index in [0.717, 1.165) is 12.3 Å². The van der Waals surface area contributed by atoms with Crippen molar-refractivity contribution in [3.63, 3.8) is 0 Å². The van der Waals surface area contributed by atoms with Gasteiger partial charge in [0.25, 0.3) is 0 Å². The first-order chi connectivity index (χ1) is 8.63. The first-order valence-corrected chi connectivity index (χ1v) is 5.46. The Labute approximate surface area is 103 Å². The average Bonchev–Trinajstić information content (AvgIpc) is 2.33. The van der Waals surface area contributed by atoms with Crippen LogP contribution in [0.25, 0.3) is 11.3 Å². The standard InChI is InChI=1S/C13H12F2N2O/c1-2-18-11-5-3-4-9(12(11)15)13-10(16)6-8(14)7-17-13/h3-7H,2,16H2,1H3. The monoisotopic (exact) mass is 250 g/mol. The number of nitrogens with two attached hydrogens (primary N) is 1. The molecule has 5 heteroatoms. The minimum atomic E-state index is -0.558. The van der Waals surface area contributed by atoms with E-state index >= 15 is 0 Å². The Morgan fingerprint density at radius 1 is 1.33 bits per heavy atom. The second-order valence-corrected chi connectivity index (χ2v) is 3.64. The summed E-state index contributed by atoms with van der Waals surface area (Å²) in [5, 5.41) is 0. The molecule has 2 N–H and O–H groups in total. The maximum atomic E-state index is 14.1. The molecule has 0 fully saturated rings. The molecule has 0 bridgehead atoms. The van der Waals surface area contributed by atoms with Gasteiger partial charge in [0.1, 0.15) is 5.82 Å². The molecule has 0 saturated heterocycles. The smallest absolute Gasteiger partial charge is 0.174 e. The van der Waals surface area contributed by atoms with Crippen LogP contribution < -0.4 is 10.5 Å². The first kappa shape index (κ1) is 12.3. The fourth-order valence-electron chi connectivity index (χ4n) is 1.64. The fraction of sp³-hybridized carbons (Fsp3) is 0.154. The van der Waals surface area contributed by atoms with Gasteiger partial charge in [-0.1, -0.05) is 6.07 Å². The molecule has 18 heavy (non-hydrogen) atoms. The number of aromatic nitrogens is 1. The van der Waals surface area contributed by atoms with Crippen LogP contribution in [-0.2, 0) is 0 Å². The van der Waals surface area contributed by atoms with Gasteiger partial charge in [-0.05, 0) is 19.1 Å². The van der Waals surface area contributed by atoms with Crippen molar-refractivity contribution in [1.82, 2.24) is 4.98 Å². The highest BCUT2D eigenvalue weighted by Gasteiger charge is 2.14. The normalized spacial score (nSPS) is 10.4. The Balaban J connectivity index is 2.53. The molecule has 2 aromatic rings. The summed E-state index contributed by atoms with van der Waals surface area (Å²) in [6, 6.07) is 5.78. The number of halogens is 2. The van der Waals surface area contributed by atoms with Crippen molar-refractivity contribution < 1.29 is 13.5 Å². The molecule has 1 aromatic heterocycles. The molecule has 0 unspecified atom stereocenters. The number of rotatable bonds is 3. The molecule has 0 aliphatic heterocycles. The van der Waals surface area contributed by atoms with Gasteiger partial charge < -0.3 is 10.5 Å². The zero-order chi connectivity index (χ0) is 13.1. The van der Waals surface area contributed by atoms with Crippen LogP contribution in [-0.4, -0.2) is 11.6 Å². The van der Waals surface area contributed by atoms with E-state index in [9.17, 15) is 8.78 Å². The SMILES string of the molecule is CCOc1cccc(-c2ncc(F)cc2N)c1F. The molecule has 0 amide bonds. The van der Waals surface area contributed by atoms with Crippen molar-refractivity contribution in [2.75, 3.05) is 12.3 Å². The summed E-state index contributed by atoms with van der Waals surface area (Å²) in [5.41, 5.74) is 6.12. The van der Waals surface area contributed by atoms with E-state index in [-0.39, 0.29) is 22.7 Å². The van der Waals surface area contributed by atoms with Crippen LogP contribution in [0.3, 0.4) is 0 Å². The molecule has 3 nitrogen and oxygen atoms in total. The summed E-state index contributed by atoms with van der Waals surface area (Å²) in [7, 11) is 0. The van der Waals surface area contributed by atoms with Gasteiger partial charge in [0.2, 0.25) is 0 Å². The number of hydrogen-bond donors (Lipinski definition) is 1. The molecule has 0 saturated carbocycles. The highest BCUT2D eigenvalue weighted by Crippen LogP contribution is 2.31. The van der Waals surface area contributed by atoms with Gasteiger partial charge in [-0.3, -0.25) is 4.98 Å². The number of nitrogen functional groups attached to an aromatic ring is 1. The minimum absolute atomic E-state index is 0.0857. The second-order valence-electron chi connectivity index (χ2n) is 3.64. The van der Waals surface area contributed by atoms with Crippen LogP contribution in [0.15, 0.2) is 30.5 Å². The number of nitrogens with zero attached hydrogens (tertiary/aromatic N) is 1. The molecule has 0 spiro atoms. The zero-order valence-electron chi connectivity index (χ0n) is 9.78. The Morgan fingerprint density at radius 2 is 2.11 bits per heavy atom. The molecule has 2 rings (SSSR count). The van der Waals surface area contributed by atoms with Crippen molar-refractivity contribution in [3.05, 3.63) is 42.1 Å². The number of hydrogen-bond acceptors (Lipinski definition) is 3. The maximum Gasteiger partial charge on any atom is 0.174 e. The Bertz CT molecular complexity index is 573. The van der Waals surface area contributed by atoms with E-state index in [4.69, 9.17) is 10.5 Å². The van der Waals surface area contributed by atoms with Crippen molar-refractivity contribution in [2.24, 2.45) is 0 Å². The van der Waals surface area contributed by atoms with Gasteiger partial charge in [-0.25, -0.2) is 8.78 Å². The first-order valence-electron chi connectivity index (χ1n) is 5.46. The van der Waals surface area contributed by atoms with Gasteiger partial charge in [-0.15, -0.1) is 0 Å². The summed E-state index contributed by atoms with van der Waals surface area (Å²) in [6.07, 6.45) is 0.998. The molecular weight excluding hydrogens is 238 g/mol. The third-order valence-corrected chi connectivity index (χ3v) is 2.40. The lowest BCUT2D eigenvalue weighted by Crippen LogP contribution is -1.99. The van der Waals surface area contributed by atoms with Gasteiger partial charge in [-0.2, -0.15) is 0 Å². The second kappa shape index (κ2) is 5.00. The third-order valence-electron chi connectivity index (χ3n) is 2.40. The van der Waals surface area contributed by atoms with Crippen molar-refractivity contribution in [3.8, 4) is 17.0 Å². The van der Waals surface area contributed by atoms with E-state index in [0.29, 0.717) is 6.61 Å². The minimum Gasteiger partial charge on any atom is -0.491 e. The lowest BCUT2D eigenvalue weighted by atomic mass is 10.1. The van der Waals surface area contributed by atoms with E-state index in [1.165, 1.54) is 12.1 Å². The van der Waals surface area contributed by atoms with Crippen LogP contribution in [0.1, 0.15) is 6.92 Å².